The predicted octanol–water partition coefficient (Wildman–Crippen LogP) is 2.40. The van der Waals surface area contributed by atoms with E-state index in [0.29, 0.717) is 10.9 Å². The lowest BCUT2D eigenvalue weighted by molar-refractivity contribution is -0.144. The zero-order valence-electron chi connectivity index (χ0n) is 14.8. The van der Waals surface area contributed by atoms with Crippen LogP contribution in [-0.4, -0.2) is 37.8 Å². The van der Waals surface area contributed by atoms with E-state index in [1.807, 2.05) is 12.1 Å². The molecule has 28 heavy (non-hydrogen) atoms. The topological polar surface area (TPSA) is 105 Å². The fourth-order valence-electron chi connectivity index (χ4n) is 2.64. The fraction of sp³-hybridized carbons (Fsp3) is 0.158. The van der Waals surface area contributed by atoms with Gasteiger partial charge in [-0.25, -0.2) is 12.8 Å². The van der Waals surface area contributed by atoms with Gasteiger partial charge in [0, 0.05) is 22.7 Å². The van der Waals surface area contributed by atoms with Crippen molar-refractivity contribution in [2.45, 2.75) is 17.9 Å². The van der Waals surface area contributed by atoms with Crippen LogP contribution in [0.15, 0.2) is 59.6 Å². The second kappa shape index (κ2) is 7.91. The maximum absolute atomic E-state index is 12.9. The molecule has 1 heterocycles. The first-order valence-electron chi connectivity index (χ1n) is 8.33. The normalized spacial score (nSPS) is 12.6. The minimum Gasteiger partial charge on any atom is -0.453 e. The molecule has 7 nitrogen and oxygen atoms in total. The van der Waals surface area contributed by atoms with E-state index in [1.54, 1.807) is 12.1 Å². The number of fused-ring (bicyclic) bond motifs is 1. The molecule has 146 valence electrons. The van der Waals surface area contributed by atoms with E-state index >= 15 is 0 Å². The van der Waals surface area contributed by atoms with Crippen LogP contribution in [-0.2, 0) is 19.6 Å². The van der Waals surface area contributed by atoms with Gasteiger partial charge in [0.25, 0.3) is 0 Å². The summed E-state index contributed by atoms with van der Waals surface area (Å²) in [6, 6.07) is 11.3. The Balaban J connectivity index is 1.61. The van der Waals surface area contributed by atoms with Gasteiger partial charge in [-0.3, -0.25) is 9.59 Å². The number of carbonyl (C=O) groups is 2. The van der Waals surface area contributed by atoms with Crippen LogP contribution < -0.4 is 4.72 Å². The van der Waals surface area contributed by atoms with Crippen LogP contribution in [0.5, 0.6) is 0 Å². The molecule has 0 spiro atoms. The Labute approximate surface area is 160 Å². The number of hydrogen-bond acceptors (Lipinski definition) is 5. The maximum Gasteiger partial charge on any atom is 0.321 e. The molecular formula is C19H17FN2O5S. The van der Waals surface area contributed by atoms with Crippen molar-refractivity contribution in [1.82, 2.24) is 9.71 Å². The predicted molar refractivity (Wildman–Crippen MR) is 99.8 cm³/mol. The van der Waals surface area contributed by atoms with Crippen LogP contribution in [0.1, 0.15) is 17.3 Å². The third-order valence-corrected chi connectivity index (χ3v) is 5.48. The second-order valence-corrected chi connectivity index (χ2v) is 7.79. The molecule has 3 aromatic rings. The number of para-hydroxylation sites is 1. The van der Waals surface area contributed by atoms with Gasteiger partial charge in [0.2, 0.25) is 15.8 Å². The third kappa shape index (κ3) is 4.26. The smallest absolute Gasteiger partial charge is 0.321 e. The van der Waals surface area contributed by atoms with Gasteiger partial charge in [0.1, 0.15) is 12.4 Å². The molecule has 9 heteroatoms. The quantitative estimate of drug-likeness (QED) is 0.465. The standard InChI is InChI=1S/C19H17FN2O5S/c1-12(19(24)16-10-21-17-5-3-2-4-15(16)17)27-18(23)11-22-28(25,26)14-8-6-13(20)7-9-14/h2-10,12,21-22H,11H2,1H3/t12-/m1/s1. The number of Topliss-reactive ketones (excluding diaryl/α,β-unsaturated/α-hetero) is 1. The van der Waals surface area contributed by atoms with E-state index in [4.69, 9.17) is 4.74 Å². The van der Waals surface area contributed by atoms with Crippen molar-refractivity contribution in [3.05, 3.63) is 66.1 Å². The number of nitrogens with one attached hydrogen (secondary N) is 2. The largest absolute Gasteiger partial charge is 0.453 e. The van der Waals surface area contributed by atoms with Gasteiger partial charge in [-0.05, 0) is 37.3 Å². The molecule has 1 aromatic heterocycles. The maximum atomic E-state index is 12.9. The van der Waals surface area contributed by atoms with Crippen molar-refractivity contribution in [2.24, 2.45) is 0 Å². The molecule has 0 radical (unpaired) electrons. The van der Waals surface area contributed by atoms with E-state index in [-0.39, 0.29) is 4.90 Å². The van der Waals surface area contributed by atoms with E-state index in [1.165, 1.54) is 13.1 Å². The number of sulfonamides is 1. The summed E-state index contributed by atoms with van der Waals surface area (Å²) in [6.07, 6.45) is 0.441. The molecule has 2 aromatic carbocycles. The summed E-state index contributed by atoms with van der Waals surface area (Å²) in [4.78, 5) is 27.3. The number of aromatic amines is 1. The average Bonchev–Trinajstić information content (AvgIpc) is 3.10. The number of carbonyl (C=O) groups excluding carboxylic acids is 2. The molecule has 0 aliphatic heterocycles. The van der Waals surface area contributed by atoms with Crippen LogP contribution in [0.4, 0.5) is 4.39 Å². The highest BCUT2D eigenvalue weighted by atomic mass is 32.2. The molecule has 0 amide bonds. The number of aromatic nitrogens is 1. The molecule has 0 aliphatic rings. The highest BCUT2D eigenvalue weighted by Gasteiger charge is 2.23. The van der Waals surface area contributed by atoms with Crippen LogP contribution in [0.25, 0.3) is 10.9 Å². The van der Waals surface area contributed by atoms with Crippen molar-refractivity contribution in [1.29, 1.82) is 0 Å². The number of benzene rings is 2. The first kappa shape index (κ1) is 19.7. The SMILES string of the molecule is C[C@@H](OC(=O)CNS(=O)(=O)c1ccc(F)cc1)C(=O)c1c[nH]c2ccccc12. The van der Waals surface area contributed by atoms with Gasteiger partial charge in [-0.2, -0.15) is 4.72 Å². The van der Waals surface area contributed by atoms with Gasteiger partial charge in [0.05, 0.1) is 4.90 Å². The summed E-state index contributed by atoms with van der Waals surface area (Å²) in [7, 11) is -4.01. The summed E-state index contributed by atoms with van der Waals surface area (Å²) in [5, 5.41) is 0.701. The average molecular weight is 404 g/mol. The van der Waals surface area contributed by atoms with Crippen LogP contribution in [0.2, 0.25) is 0 Å². The van der Waals surface area contributed by atoms with Crippen molar-refractivity contribution < 1.29 is 27.1 Å². The number of esters is 1. The molecular weight excluding hydrogens is 387 g/mol. The Bertz CT molecular complexity index is 1120. The van der Waals surface area contributed by atoms with E-state index < -0.39 is 40.2 Å². The van der Waals surface area contributed by atoms with E-state index in [9.17, 15) is 22.4 Å². The molecule has 0 saturated carbocycles. The molecule has 2 N–H and O–H groups in total. The summed E-state index contributed by atoms with van der Waals surface area (Å²) >= 11 is 0. The molecule has 3 rings (SSSR count). The Morgan fingerprint density at radius 2 is 1.82 bits per heavy atom. The van der Waals surface area contributed by atoms with Crippen molar-refractivity contribution in [2.75, 3.05) is 6.54 Å². The summed E-state index contributed by atoms with van der Waals surface area (Å²) in [6.45, 7) is 0.752. The first-order valence-corrected chi connectivity index (χ1v) is 9.81. The highest BCUT2D eigenvalue weighted by molar-refractivity contribution is 7.89. The first-order chi connectivity index (χ1) is 13.3. The Hall–Kier alpha value is -3.04. The lowest BCUT2D eigenvalue weighted by Crippen LogP contribution is -2.34. The number of H-pyrrole nitrogens is 1. The zero-order chi connectivity index (χ0) is 20.3. The van der Waals surface area contributed by atoms with Crippen molar-refractivity contribution in [3.63, 3.8) is 0 Å². The van der Waals surface area contributed by atoms with Gasteiger partial charge in [-0.15, -0.1) is 0 Å². The molecule has 0 aliphatic carbocycles. The van der Waals surface area contributed by atoms with E-state index in [2.05, 4.69) is 9.71 Å². The number of rotatable bonds is 7. The summed E-state index contributed by atoms with van der Waals surface area (Å²) in [5.41, 5.74) is 1.15. The summed E-state index contributed by atoms with van der Waals surface area (Å²) < 4.78 is 44.2. The monoisotopic (exact) mass is 404 g/mol. The van der Waals surface area contributed by atoms with Gasteiger partial charge in [-0.1, -0.05) is 18.2 Å². The van der Waals surface area contributed by atoms with Crippen LogP contribution in [0, 0.1) is 5.82 Å². The van der Waals surface area contributed by atoms with Gasteiger partial charge >= 0.3 is 5.97 Å². The minimum atomic E-state index is -4.01. The third-order valence-electron chi connectivity index (χ3n) is 4.06. The lowest BCUT2D eigenvalue weighted by atomic mass is 10.1. The van der Waals surface area contributed by atoms with Crippen LogP contribution in [0.3, 0.4) is 0 Å². The number of ether oxygens (including phenoxy) is 1. The summed E-state index contributed by atoms with van der Waals surface area (Å²) in [5.74, 6) is -1.90. The Morgan fingerprint density at radius 3 is 2.54 bits per heavy atom. The Morgan fingerprint density at radius 1 is 1.14 bits per heavy atom. The van der Waals surface area contributed by atoms with Gasteiger partial charge in [0.15, 0.2) is 6.10 Å². The number of halogens is 1. The Kier molecular flexibility index (Phi) is 5.57. The van der Waals surface area contributed by atoms with Crippen molar-refractivity contribution in [3.8, 4) is 0 Å². The van der Waals surface area contributed by atoms with Gasteiger partial charge < -0.3 is 9.72 Å². The zero-order valence-corrected chi connectivity index (χ0v) is 15.6. The number of hydrogen-bond donors (Lipinski definition) is 2. The van der Waals surface area contributed by atoms with Crippen molar-refractivity contribution >= 4 is 32.7 Å². The fourth-order valence-corrected chi connectivity index (χ4v) is 3.61. The molecule has 0 saturated heterocycles. The molecule has 0 unspecified atom stereocenters. The highest BCUT2D eigenvalue weighted by Crippen LogP contribution is 2.20. The lowest BCUT2D eigenvalue weighted by Gasteiger charge is -2.12. The molecule has 1 atom stereocenters. The van der Waals surface area contributed by atoms with E-state index in [0.717, 1.165) is 29.8 Å². The number of ketones is 1. The minimum absolute atomic E-state index is 0.190. The second-order valence-electron chi connectivity index (χ2n) is 6.02. The molecule has 0 fully saturated rings. The molecule has 0 bridgehead atoms. The van der Waals surface area contributed by atoms with Crippen LogP contribution >= 0.6 is 0 Å².